The molecule has 3 nitrogen and oxygen atoms in total. The third-order valence-corrected chi connectivity index (χ3v) is 5.15. The lowest BCUT2D eigenvalue weighted by atomic mass is 9.98. The molecule has 0 fully saturated rings. The Kier molecular flexibility index (Phi) is 3.23. The normalized spacial score (nSPS) is 12.1. The second kappa shape index (κ2) is 4.31. The van der Waals surface area contributed by atoms with Crippen LogP contribution in [-0.4, -0.2) is 16.1 Å². The standard InChI is InChI=1S/C13H14BrNO2S/c1-6-7(11(16)17)5-8(14)10-9(6)15-12(18-10)13(2,3)4/h5H,1-4H3,(H,16,17). The largest absolute Gasteiger partial charge is 0.478 e. The highest BCUT2D eigenvalue weighted by atomic mass is 79.9. The number of hydrogen-bond donors (Lipinski definition) is 1. The Morgan fingerprint density at radius 1 is 1.44 bits per heavy atom. The van der Waals surface area contributed by atoms with E-state index < -0.39 is 5.97 Å². The zero-order valence-corrected chi connectivity index (χ0v) is 13.1. The minimum Gasteiger partial charge on any atom is -0.478 e. The van der Waals surface area contributed by atoms with Gasteiger partial charge in [-0.15, -0.1) is 11.3 Å². The first kappa shape index (κ1) is 13.5. The maximum Gasteiger partial charge on any atom is 0.336 e. The van der Waals surface area contributed by atoms with Crippen molar-refractivity contribution in [3.63, 3.8) is 0 Å². The number of fused-ring (bicyclic) bond motifs is 1. The van der Waals surface area contributed by atoms with Gasteiger partial charge in [-0.2, -0.15) is 0 Å². The predicted molar refractivity (Wildman–Crippen MR) is 77.7 cm³/mol. The van der Waals surface area contributed by atoms with E-state index in [0.717, 1.165) is 25.3 Å². The highest BCUT2D eigenvalue weighted by molar-refractivity contribution is 9.10. The lowest BCUT2D eigenvalue weighted by Crippen LogP contribution is -2.10. The van der Waals surface area contributed by atoms with Gasteiger partial charge in [0.2, 0.25) is 0 Å². The maximum atomic E-state index is 11.2. The number of thiazole rings is 1. The van der Waals surface area contributed by atoms with Crippen molar-refractivity contribution in [3.05, 3.63) is 26.7 Å². The Bertz CT molecular complexity index is 640. The molecule has 0 saturated carbocycles. The van der Waals surface area contributed by atoms with E-state index in [0.29, 0.717) is 5.56 Å². The number of aromatic carboxylic acids is 1. The Morgan fingerprint density at radius 2 is 2.06 bits per heavy atom. The molecule has 1 heterocycles. The van der Waals surface area contributed by atoms with Gasteiger partial charge in [-0.05, 0) is 34.5 Å². The second-order valence-corrected chi connectivity index (χ2v) is 7.14. The molecule has 0 aliphatic heterocycles. The fourth-order valence-electron chi connectivity index (χ4n) is 1.71. The molecule has 1 aromatic heterocycles. The van der Waals surface area contributed by atoms with E-state index in [1.165, 1.54) is 0 Å². The van der Waals surface area contributed by atoms with Gasteiger partial charge in [0, 0.05) is 9.89 Å². The molecule has 0 bridgehead atoms. The molecule has 0 aliphatic rings. The second-order valence-electron chi connectivity index (χ2n) is 5.28. The summed E-state index contributed by atoms with van der Waals surface area (Å²) in [7, 11) is 0. The molecule has 0 saturated heterocycles. The van der Waals surface area contributed by atoms with Gasteiger partial charge in [0.25, 0.3) is 0 Å². The van der Waals surface area contributed by atoms with E-state index in [1.807, 2.05) is 6.92 Å². The van der Waals surface area contributed by atoms with Gasteiger partial charge in [0.1, 0.15) is 0 Å². The Labute approximate surface area is 118 Å². The summed E-state index contributed by atoms with van der Waals surface area (Å²) in [4.78, 5) is 15.8. The predicted octanol–water partition coefficient (Wildman–Crippen LogP) is 4.36. The topological polar surface area (TPSA) is 50.2 Å². The Balaban J connectivity index is 2.81. The summed E-state index contributed by atoms with van der Waals surface area (Å²) < 4.78 is 1.82. The van der Waals surface area contributed by atoms with Gasteiger partial charge in [-0.25, -0.2) is 9.78 Å². The van der Waals surface area contributed by atoms with Gasteiger partial charge in [-0.1, -0.05) is 20.8 Å². The summed E-state index contributed by atoms with van der Waals surface area (Å²) in [5, 5.41) is 10.2. The highest BCUT2D eigenvalue weighted by Crippen LogP contribution is 2.37. The highest BCUT2D eigenvalue weighted by Gasteiger charge is 2.22. The van der Waals surface area contributed by atoms with Crippen LogP contribution in [0.1, 0.15) is 41.7 Å². The summed E-state index contributed by atoms with van der Waals surface area (Å²) in [6.07, 6.45) is 0. The van der Waals surface area contributed by atoms with Gasteiger partial charge < -0.3 is 5.11 Å². The molecule has 0 unspecified atom stereocenters. The van der Waals surface area contributed by atoms with Crippen molar-refractivity contribution in [3.8, 4) is 0 Å². The average molecular weight is 328 g/mol. The molecule has 1 aromatic carbocycles. The van der Waals surface area contributed by atoms with Crippen molar-refractivity contribution in [2.45, 2.75) is 33.1 Å². The number of nitrogens with zero attached hydrogens (tertiary/aromatic N) is 1. The molecule has 1 N–H and O–H groups in total. The SMILES string of the molecule is Cc1c(C(=O)O)cc(Br)c2sc(C(C)(C)C)nc12. The first-order valence-corrected chi connectivity index (χ1v) is 7.16. The Hall–Kier alpha value is -0.940. The van der Waals surface area contributed by atoms with Crippen LogP contribution in [0.2, 0.25) is 0 Å². The van der Waals surface area contributed by atoms with Crippen LogP contribution in [0.25, 0.3) is 10.2 Å². The molecule has 18 heavy (non-hydrogen) atoms. The quantitative estimate of drug-likeness (QED) is 0.846. The minimum atomic E-state index is -0.916. The molecule has 5 heteroatoms. The van der Waals surface area contributed by atoms with Crippen molar-refractivity contribution < 1.29 is 9.90 Å². The molecule has 2 aromatic rings. The minimum absolute atomic E-state index is 0.0288. The monoisotopic (exact) mass is 327 g/mol. The number of carbonyl (C=O) groups is 1. The lowest BCUT2D eigenvalue weighted by Gasteiger charge is -2.13. The van der Waals surface area contributed by atoms with Crippen molar-refractivity contribution in [2.24, 2.45) is 0 Å². The van der Waals surface area contributed by atoms with Crippen LogP contribution in [-0.2, 0) is 5.41 Å². The van der Waals surface area contributed by atoms with E-state index >= 15 is 0 Å². The number of aromatic nitrogens is 1. The smallest absolute Gasteiger partial charge is 0.336 e. The molecule has 0 amide bonds. The maximum absolute atomic E-state index is 11.2. The van der Waals surface area contributed by atoms with Crippen LogP contribution in [0.3, 0.4) is 0 Å². The molecule has 0 radical (unpaired) electrons. The van der Waals surface area contributed by atoms with E-state index in [1.54, 1.807) is 17.4 Å². The van der Waals surface area contributed by atoms with Gasteiger partial charge >= 0.3 is 5.97 Å². The number of carboxylic acids is 1. The van der Waals surface area contributed by atoms with Crippen molar-refractivity contribution in [2.75, 3.05) is 0 Å². The molecule has 2 rings (SSSR count). The third kappa shape index (κ3) is 2.17. The van der Waals surface area contributed by atoms with Crippen LogP contribution in [0, 0.1) is 6.92 Å². The molecule has 0 aliphatic carbocycles. The zero-order valence-electron chi connectivity index (χ0n) is 10.7. The Morgan fingerprint density at radius 3 is 2.56 bits per heavy atom. The number of carboxylic acid groups (broad SMARTS) is 1. The summed E-state index contributed by atoms with van der Waals surface area (Å²) in [6.45, 7) is 8.12. The number of hydrogen-bond acceptors (Lipinski definition) is 3. The number of rotatable bonds is 1. The van der Waals surface area contributed by atoms with Crippen LogP contribution in [0.5, 0.6) is 0 Å². The van der Waals surface area contributed by atoms with E-state index in [9.17, 15) is 9.90 Å². The summed E-state index contributed by atoms with van der Waals surface area (Å²) >= 11 is 5.05. The first-order chi connectivity index (χ1) is 8.21. The van der Waals surface area contributed by atoms with Crippen molar-refractivity contribution >= 4 is 43.5 Å². The van der Waals surface area contributed by atoms with Gasteiger partial charge in [0.15, 0.2) is 0 Å². The van der Waals surface area contributed by atoms with Crippen molar-refractivity contribution in [1.29, 1.82) is 0 Å². The van der Waals surface area contributed by atoms with E-state index in [4.69, 9.17) is 0 Å². The molecule has 0 atom stereocenters. The van der Waals surface area contributed by atoms with Crippen LogP contribution in [0.4, 0.5) is 0 Å². The number of aryl methyl sites for hydroxylation is 1. The average Bonchev–Trinajstić information content (AvgIpc) is 2.67. The molecule has 96 valence electrons. The van der Waals surface area contributed by atoms with Crippen molar-refractivity contribution in [1.82, 2.24) is 4.98 Å². The fraction of sp³-hybridized carbons (Fsp3) is 0.385. The molecular weight excluding hydrogens is 314 g/mol. The zero-order chi connectivity index (χ0) is 13.7. The van der Waals surface area contributed by atoms with Gasteiger partial charge in [0.05, 0.1) is 20.8 Å². The van der Waals surface area contributed by atoms with Crippen LogP contribution < -0.4 is 0 Å². The van der Waals surface area contributed by atoms with E-state index in [-0.39, 0.29) is 5.41 Å². The summed E-state index contributed by atoms with van der Waals surface area (Å²) in [5.41, 5.74) is 1.79. The molecular formula is C13H14BrNO2S. The molecule has 0 spiro atoms. The number of halogens is 1. The van der Waals surface area contributed by atoms with Crippen LogP contribution >= 0.6 is 27.3 Å². The van der Waals surface area contributed by atoms with Crippen LogP contribution in [0.15, 0.2) is 10.5 Å². The summed E-state index contributed by atoms with van der Waals surface area (Å²) in [6, 6.07) is 1.66. The lowest BCUT2D eigenvalue weighted by molar-refractivity contribution is 0.0696. The fourth-order valence-corrected chi connectivity index (χ4v) is 3.45. The third-order valence-electron chi connectivity index (χ3n) is 2.75. The van der Waals surface area contributed by atoms with E-state index in [2.05, 4.69) is 41.7 Å². The number of benzene rings is 1. The first-order valence-electron chi connectivity index (χ1n) is 5.55. The summed E-state index contributed by atoms with van der Waals surface area (Å²) in [5.74, 6) is -0.916. The van der Waals surface area contributed by atoms with Gasteiger partial charge in [-0.3, -0.25) is 0 Å².